The standard InChI is InChI=1S/C34H44N6O/c1-7-8-31-25(2)9-14-32(26(31)3)37-34-29(23-35)24-36-27(4)33(34)28-10-12-30(13-11-28)41-22-21-40-19-17-39(18-20-40)16-15-38(5)6/h7-14,24H,15-22H2,1-6H3,(H,36,37)/b8-7-. The highest BCUT2D eigenvalue weighted by Gasteiger charge is 2.18. The highest BCUT2D eigenvalue weighted by atomic mass is 16.5. The van der Waals surface area contributed by atoms with E-state index in [0.717, 1.165) is 85.3 Å². The molecule has 7 nitrogen and oxygen atoms in total. The topological polar surface area (TPSA) is 67.7 Å². The van der Waals surface area contributed by atoms with Gasteiger partial charge in [0.15, 0.2) is 0 Å². The van der Waals surface area contributed by atoms with Gasteiger partial charge in [-0.15, -0.1) is 0 Å². The molecule has 1 aromatic heterocycles. The normalized spacial score (nSPS) is 14.5. The van der Waals surface area contributed by atoms with Gasteiger partial charge in [0.25, 0.3) is 0 Å². The van der Waals surface area contributed by atoms with E-state index >= 15 is 0 Å². The lowest BCUT2D eigenvalue weighted by atomic mass is 9.97. The molecule has 1 N–H and O–H groups in total. The molecule has 0 aliphatic carbocycles. The zero-order valence-corrected chi connectivity index (χ0v) is 25.5. The summed E-state index contributed by atoms with van der Waals surface area (Å²) in [5.74, 6) is 0.848. The summed E-state index contributed by atoms with van der Waals surface area (Å²) >= 11 is 0. The van der Waals surface area contributed by atoms with Crippen LogP contribution in [0.15, 0.2) is 48.7 Å². The SMILES string of the molecule is C/C=C\c1c(C)ccc(Nc2c(C#N)cnc(C)c2-c2ccc(OCCN3CCN(CCN(C)C)CC3)cc2)c1C. The molecule has 216 valence electrons. The number of nitrogens with zero attached hydrogens (tertiary/aromatic N) is 5. The van der Waals surface area contributed by atoms with Crippen LogP contribution < -0.4 is 10.1 Å². The maximum atomic E-state index is 9.95. The van der Waals surface area contributed by atoms with Crippen LogP contribution in [0.25, 0.3) is 17.2 Å². The highest BCUT2D eigenvalue weighted by Crippen LogP contribution is 2.37. The molecule has 1 fully saturated rings. The van der Waals surface area contributed by atoms with Crippen molar-refractivity contribution in [3.8, 4) is 22.9 Å². The Hall–Kier alpha value is -3.70. The summed E-state index contributed by atoms with van der Waals surface area (Å²) in [7, 11) is 4.26. The number of rotatable bonds is 11. The molecular formula is C34H44N6O. The summed E-state index contributed by atoms with van der Waals surface area (Å²) in [6.45, 7) is 16.5. The van der Waals surface area contributed by atoms with Gasteiger partial charge >= 0.3 is 0 Å². The zero-order valence-electron chi connectivity index (χ0n) is 25.5. The van der Waals surface area contributed by atoms with E-state index in [9.17, 15) is 5.26 Å². The number of aromatic nitrogens is 1. The van der Waals surface area contributed by atoms with Crippen LogP contribution in [0.5, 0.6) is 5.75 Å². The predicted octanol–water partition coefficient (Wildman–Crippen LogP) is 5.88. The molecule has 0 spiro atoms. The highest BCUT2D eigenvalue weighted by molar-refractivity contribution is 5.87. The van der Waals surface area contributed by atoms with Crippen LogP contribution in [0.3, 0.4) is 0 Å². The van der Waals surface area contributed by atoms with E-state index < -0.39 is 0 Å². The van der Waals surface area contributed by atoms with Crippen molar-refractivity contribution in [2.24, 2.45) is 0 Å². The van der Waals surface area contributed by atoms with Gasteiger partial charge in [-0.3, -0.25) is 14.8 Å². The van der Waals surface area contributed by atoms with E-state index in [2.05, 4.69) is 95.4 Å². The molecular weight excluding hydrogens is 508 g/mol. The van der Waals surface area contributed by atoms with Gasteiger partial charge in [-0.25, -0.2) is 0 Å². The number of piperazine rings is 1. The number of hydrogen-bond donors (Lipinski definition) is 1. The zero-order chi connectivity index (χ0) is 29.4. The molecule has 0 saturated carbocycles. The van der Waals surface area contributed by atoms with E-state index in [0.29, 0.717) is 12.2 Å². The summed E-state index contributed by atoms with van der Waals surface area (Å²) in [5, 5.41) is 13.5. The van der Waals surface area contributed by atoms with Crippen LogP contribution in [0.1, 0.15) is 34.9 Å². The second-order valence-electron chi connectivity index (χ2n) is 11.1. The van der Waals surface area contributed by atoms with Gasteiger partial charge in [0.1, 0.15) is 18.4 Å². The third-order valence-corrected chi connectivity index (χ3v) is 7.86. The van der Waals surface area contributed by atoms with Crippen LogP contribution in [0.2, 0.25) is 0 Å². The molecule has 7 heteroatoms. The van der Waals surface area contributed by atoms with E-state index in [-0.39, 0.29) is 0 Å². The van der Waals surface area contributed by atoms with Crippen molar-refractivity contribution in [1.82, 2.24) is 19.7 Å². The quantitative estimate of drug-likeness (QED) is 0.319. The van der Waals surface area contributed by atoms with E-state index in [1.807, 2.05) is 26.0 Å². The molecule has 0 unspecified atom stereocenters. The Bertz CT molecular complexity index is 1380. The van der Waals surface area contributed by atoms with E-state index in [1.165, 1.54) is 11.1 Å². The minimum absolute atomic E-state index is 0.514. The summed E-state index contributed by atoms with van der Waals surface area (Å²) in [6.07, 6.45) is 5.83. The molecule has 0 radical (unpaired) electrons. The number of pyridine rings is 1. The molecule has 1 saturated heterocycles. The maximum Gasteiger partial charge on any atom is 0.119 e. The Labute approximate surface area is 246 Å². The number of aryl methyl sites for hydroxylation is 2. The number of allylic oxidation sites excluding steroid dienone is 1. The summed E-state index contributed by atoms with van der Waals surface area (Å²) in [5.41, 5.74) is 8.60. The lowest BCUT2D eigenvalue weighted by Gasteiger charge is -2.35. The third-order valence-electron chi connectivity index (χ3n) is 7.86. The van der Waals surface area contributed by atoms with Gasteiger partial charge in [0, 0.05) is 69.0 Å². The maximum absolute atomic E-state index is 9.95. The molecule has 1 aliphatic heterocycles. The third kappa shape index (κ3) is 7.74. The minimum atomic E-state index is 0.514. The lowest BCUT2D eigenvalue weighted by Crippen LogP contribution is -2.48. The van der Waals surface area contributed by atoms with E-state index in [1.54, 1.807) is 6.20 Å². The Kier molecular flexibility index (Phi) is 10.5. The van der Waals surface area contributed by atoms with Crippen molar-refractivity contribution in [2.75, 3.05) is 71.8 Å². The predicted molar refractivity (Wildman–Crippen MR) is 170 cm³/mol. The minimum Gasteiger partial charge on any atom is -0.492 e. The number of anilines is 2. The van der Waals surface area contributed by atoms with Crippen LogP contribution in [0, 0.1) is 32.1 Å². The first-order valence-corrected chi connectivity index (χ1v) is 14.5. The summed E-state index contributed by atoms with van der Waals surface area (Å²) in [6, 6.07) is 14.7. The average molecular weight is 553 g/mol. The monoisotopic (exact) mass is 552 g/mol. The molecule has 0 bridgehead atoms. The van der Waals surface area contributed by atoms with Crippen LogP contribution in [-0.4, -0.2) is 86.2 Å². The molecule has 1 aliphatic rings. The first-order chi connectivity index (χ1) is 19.8. The molecule has 2 aromatic carbocycles. The van der Waals surface area contributed by atoms with Gasteiger partial charge in [-0.05, 0) is 82.2 Å². The van der Waals surface area contributed by atoms with Gasteiger partial charge < -0.3 is 15.0 Å². The van der Waals surface area contributed by atoms with Crippen molar-refractivity contribution in [3.63, 3.8) is 0 Å². The smallest absolute Gasteiger partial charge is 0.119 e. The Balaban J connectivity index is 1.44. The van der Waals surface area contributed by atoms with Crippen LogP contribution in [-0.2, 0) is 0 Å². The molecule has 2 heterocycles. The molecule has 3 aromatic rings. The van der Waals surface area contributed by atoms with Gasteiger partial charge in [-0.1, -0.05) is 30.4 Å². The number of likely N-dealkylation sites (N-methyl/N-ethyl adjacent to an activating group) is 1. The Morgan fingerprint density at radius 2 is 1.68 bits per heavy atom. The molecule has 41 heavy (non-hydrogen) atoms. The van der Waals surface area contributed by atoms with Gasteiger partial charge in [0.2, 0.25) is 0 Å². The van der Waals surface area contributed by atoms with Gasteiger partial charge in [0.05, 0.1) is 11.3 Å². The fourth-order valence-corrected chi connectivity index (χ4v) is 5.32. The second-order valence-corrected chi connectivity index (χ2v) is 11.1. The number of nitriles is 1. The largest absolute Gasteiger partial charge is 0.492 e. The van der Waals surface area contributed by atoms with Crippen molar-refractivity contribution >= 4 is 17.5 Å². The summed E-state index contributed by atoms with van der Waals surface area (Å²) in [4.78, 5) is 11.8. The van der Waals surface area contributed by atoms with Crippen LogP contribution in [0.4, 0.5) is 11.4 Å². The fourth-order valence-electron chi connectivity index (χ4n) is 5.32. The molecule has 0 amide bonds. The van der Waals surface area contributed by atoms with Crippen molar-refractivity contribution in [3.05, 3.63) is 76.6 Å². The second kappa shape index (κ2) is 14.3. The lowest BCUT2D eigenvalue weighted by molar-refractivity contribution is 0.112. The van der Waals surface area contributed by atoms with Gasteiger partial charge in [-0.2, -0.15) is 5.26 Å². The van der Waals surface area contributed by atoms with Crippen molar-refractivity contribution in [2.45, 2.75) is 27.7 Å². The summed E-state index contributed by atoms with van der Waals surface area (Å²) < 4.78 is 6.12. The van der Waals surface area contributed by atoms with E-state index in [4.69, 9.17) is 4.74 Å². The number of nitrogens with one attached hydrogen (secondary N) is 1. The Morgan fingerprint density at radius 1 is 1.00 bits per heavy atom. The number of ether oxygens (including phenoxy) is 1. The first-order valence-electron chi connectivity index (χ1n) is 14.5. The van der Waals surface area contributed by atoms with Crippen LogP contribution >= 0.6 is 0 Å². The average Bonchev–Trinajstić information content (AvgIpc) is 2.97. The molecule has 0 atom stereocenters. The molecule has 4 rings (SSSR count). The fraction of sp³-hybridized carbons (Fsp3) is 0.412. The number of hydrogen-bond acceptors (Lipinski definition) is 7. The van der Waals surface area contributed by atoms with Crippen molar-refractivity contribution < 1.29 is 4.74 Å². The Morgan fingerprint density at radius 3 is 2.32 bits per heavy atom. The first kappa shape index (κ1) is 30.3. The number of benzene rings is 2. The van der Waals surface area contributed by atoms with Crippen molar-refractivity contribution in [1.29, 1.82) is 5.26 Å².